The van der Waals surface area contributed by atoms with Crippen LogP contribution >= 0.6 is 11.6 Å². The summed E-state index contributed by atoms with van der Waals surface area (Å²) >= 11 is 6.07. The van der Waals surface area contributed by atoms with Crippen LogP contribution in [0.3, 0.4) is 0 Å². The number of hydrogen-bond acceptors (Lipinski definition) is 4. The lowest BCUT2D eigenvalue weighted by Gasteiger charge is -2.30. The summed E-state index contributed by atoms with van der Waals surface area (Å²) in [5.41, 5.74) is 3.63. The number of fused-ring (bicyclic) bond motifs is 1. The first-order valence-electron chi connectivity index (χ1n) is 12.0. The molecule has 1 atom stereocenters. The van der Waals surface area contributed by atoms with E-state index in [0.717, 1.165) is 16.8 Å². The maximum absolute atomic E-state index is 13.9. The lowest BCUT2D eigenvalue weighted by Crippen LogP contribution is -2.37. The van der Waals surface area contributed by atoms with Gasteiger partial charge in [0.25, 0.3) is 11.5 Å². The Hall–Kier alpha value is -4.16. The largest absolute Gasteiger partial charge is 0.467 e. The summed E-state index contributed by atoms with van der Waals surface area (Å²) in [6.07, 6.45) is 1.57. The van der Waals surface area contributed by atoms with Gasteiger partial charge in [-0.15, -0.1) is 0 Å². The van der Waals surface area contributed by atoms with Crippen LogP contribution in [0, 0.1) is 13.8 Å². The van der Waals surface area contributed by atoms with Crippen LogP contribution in [0.1, 0.15) is 46.0 Å². The van der Waals surface area contributed by atoms with Gasteiger partial charge in [-0.3, -0.25) is 14.2 Å². The highest BCUT2D eigenvalue weighted by atomic mass is 35.5. The van der Waals surface area contributed by atoms with Gasteiger partial charge in [0.05, 0.1) is 35.4 Å². The highest BCUT2D eigenvalue weighted by Crippen LogP contribution is 2.28. The second kappa shape index (κ2) is 10.1. The zero-order valence-electron chi connectivity index (χ0n) is 20.8. The Labute approximate surface area is 219 Å². The Balaban J connectivity index is 1.71. The van der Waals surface area contributed by atoms with Crippen molar-refractivity contribution < 1.29 is 9.21 Å². The van der Waals surface area contributed by atoms with Gasteiger partial charge >= 0.3 is 0 Å². The molecule has 1 unspecified atom stereocenters. The van der Waals surface area contributed by atoms with Crippen molar-refractivity contribution in [2.45, 2.75) is 33.4 Å². The van der Waals surface area contributed by atoms with Gasteiger partial charge in [0.15, 0.2) is 0 Å². The molecule has 7 heteroatoms. The second-order valence-electron chi connectivity index (χ2n) is 9.11. The molecule has 0 N–H and O–H groups in total. The number of halogens is 1. The molecule has 6 nitrogen and oxygen atoms in total. The maximum atomic E-state index is 13.9. The lowest BCUT2D eigenvalue weighted by molar-refractivity contribution is 0.0648. The summed E-state index contributed by atoms with van der Waals surface area (Å²) in [4.78, 5) is 34.3. The van der Waals surface area contributed by atoms with Gasteiger partial charge in [-0.05, 0) is 80.9 Å². The molecular formula is C30H26ClN3O3. The SMILES string of the molecule is Cc1ccc(-n2c(C(C)N(Cc3ccco3)C(=O)c3ccc(Cl)cc3)nc3ccccc3c2=O)c(C)c1. The summed E-state index contributed by atoms with van der Waals surface area (Å²) in [7, 11) is 0. The van der Waals surface area contributed by atoms with Crippen molar-refractivity contribution in [1.82, 2.24) is 14.5 Å². The van der Waals surface area contributed by atoms with Crippen LogP contribution in [0.25, 0.3) is 16.6 Å². The summed E-state index contributed by atoms with van der Waals surface area (Å²) in [6, 6.07) is 23.0. The third-order valence-electron chi connectivity index (χ3n) is 6.49. The Morgan fingerprint density at radius 2 is 1.78 bits per heavy atom. The quantitative estimate of drug-likeness (QED) is 0.256. The summed E-state index contributed by atoms with van der Waals surface area (Å²) < 4.78 is 7.22. The number of rotatable bonds is 6. The fourth-order valence-electron chi connectivity index (χ4n) is 4.57. The first kappa shape index (κ1) is 24.5. The molecule has 0 saturated heterocycles. The smallest absolute Gasteiger partial charge is 0.266 e. The van der Waals surface area contributed by atoms with E-state index in [4.69, 9.17) is 21.0 Å². The number of carbonyl (C=O) groups is 1. The van der Waals surface area contributed by atoms with Gasteiger partial charge in [0.2, 0.25) is 0 Å². The van der Waals surface area contributed by atoms with Gasteiger partial charge in [0.1, 0.15) is 11.6 Å². The molecule has 2 heterocycles. The molecular weight excluding hydrogens is 486 g/mol. The molecule has 3 aromatic carbocycles. The van der Waals surface area contributed by atoms with E-state index in [0.29, 0.717) is 33.1 Å². The van der Waals surface area contributed by atoms with Crippen LogP contribution < -0.4 is 5.56 Å². The molecule has 5 aromatic rings. The number of aryl methyl sites for hydroxylation is 2. The van der Waals surface area contributed by atoms with Gasteiger partial charge in [-0.25, -0.2) is 4.98 Å². The van der Waals surface area contributed by atoms with Crippen LogP contribution in [0.5, 0.6) is 0 Å². The third kappa shape index (κ3) is 4.80. The van der Waals surface area contributed by atoms with Crippen molar-refractivity contribution in [3.8, 4) is 5.69 Å². The van der Waals surface area contributed by atoms with Crippen LogP contribution in [-0.4, -0.2) is 20.4 Å². The normalized spacial score (nSPS) is 12.0. The van der Waals surface area contributed by atoms with E-state index < -0.39 is 6.04 Å². The first-order chi connectivity index (χ1) is 17.8. The lowest BCUT2D eigenvalue weighted by atomic mass is 10.1. The number of amides is 1. The van der Waals surface area contributed by atoms with E-state index in [9.17, 15) is 9.59 Å². The van der Waals surface area contributed by atoms with Gasteiger partial charge in [-0.1, -0.05) is 41.4 Å². The zero-order valence-corrected chi connectivity index (χ0v) is 21.6. The van der Waals surface area contributed by atoms with E-state index in [2.05, 4.69) is 0 Å². The number of hydrogen-bond donors (Lipinski definition) is 0. The molecule has 0 bridgehead atoms. The van der Waals surface area contributed by atoms with Crippen LogP contribution in [0.15, 0.2) is 94.3 Å². The highest BCUT2D eigenvalue weighted by Gasteiger charge is 2.29. The molecule has 0 saturated carbocycles. The molecule has 0 fully saturated rings. The predicted octanol–water partition coefficient (Wildman–Crippen LogP) is 6.65. The van der Waals surface area contributed by atoms with Crippen molar-refractivity contribution in [2.75, 3.05) is 0 Å². The number of carbonyl (C=O) groups excluding carboxylic acids is 1. The van der Waals surface area contributed by atoms with Crippen LogP contribution in [0.4, 0.5) is 0 Å². The molecule has 37 heavy (non-hydrogen) atoms. The van der Waals surface area contributed by atoms with Crippen LogP contribution in [0.2, 0.25) is 5.02 Å². The molecule has 186 valence electrons. The van der Waals surface area contributed by atoms with E-state index >= 15 is 0 Å². The zero-order chi connectivity index (χ0) is 26.1. The highest BCUT2D eigenvalue weighted by molar-refractivity contribution is 6.30. The molecule has 5 rings (SSSR count). The Bertz CT molecular complexity index is 1640. The number of para-hydroxylation sites is 1. The third-order valence-corrected chi connectivity index (χ3v) is 6.75. The Morgan fingerprint density at radius 3 is 2.49 bits per heavy atom. The molecule has 0 radical (unpaired) electrons. The summed E-state index contributed by atoms with van der Waals surface area (Å²) in [6.45, 7) is 6.06. The fourth-order valence-corrected chi connectivity index (χ4v) is 4.70. The number of nitrogens with zero attached hydrogens (tertiary/aromatic N) is 3. The van der Waals surface area contributed by atoms with E-state index in [1.807, 2.05) is 63.2 Å². The Morgan fingerprint density at radius 1 is 1.03 bits per heavy atom. The minimum atomic E-state index is -0.578. The van der Waals surface area contributed by atoms with E-state index in [1.54, 1.807) is 52.1 Å². The van der Waals surface area contributed by atoms with Gasteiger partial charge in [-0.2, -0.15) is 0 Å². The average Bonchev–Trinajstić information content (AvgIpc) is 3.41. The standard InChI is InChI=1S/C30H26ClN3O3/c1-19-10-15-27(20(2)17-19)34-28(32-26-9-5-4-8-25(26)30(34)36)21(3)33(18-24-7-6-16-37-24)29(35)22-11-13-23(31)14-12-22/h4-17,21H,18H2,1-3H3. The average molecular weight is 512 g/mol. The van der Waals surface area contributed by atoms with Crippen molar-refractivity contribution in [2.24, 2.45) is 0 Å². The first-order valence-corrected chi connectivity index (χ1v) is 12.4. The van der Waals surface area contributed by atoms with Gasteiger partial charge < -0.3 is 9.32 Å². The van der Waals surface area contributed by atoms with E-state index in [1.165, 1.54) is 0 Å². The number of furan rings is 1. The molecule has 0 aliphatic carbocycles. The summed E-state index contributed by atoms with van der Waals surface area (Å²) in [5, 5.41) is 1.06. The fraction of sp³-hybridized carbons (Fsp3) is 0.167. The van der Waals surface area contributed by atoms with E-state index in [-0.39, 0.29) is 18.0 Å². The predicted molar refractivity (Wildman–Crippen MR) is 145 cm³/mol. The van der Waals surface area contributed by atoms with Crippen LogP contribution in [-0.2, 0) is 6.54 Å². The monoisotopic (exact) mass is 511 g/mol. The Kier molecular flexibility index (Phi) is 6.68. The van der Waals surface area contributed by atoms with Crippen molar-refractivity contribution >= 4 is 28.4 Å². The molecule has 0 aliphatic heterocycles. The molecule has 0 spiro atoms. The molecule has 1 amide bonds. The number of aromatic nitrogens is 2. The minimum absolute atomic E-state index is 0.184. The minimum Gasteiger partial charge on any atom is -0.467 e. The van der Waals surface area contributed by atoms with Crippen molar-refractivity contribution in [3.05, 3.63) is 129 Å². The second-order valence-corrected chi connectivity index (χ2v) is 9.55. The summed E-state index contributed by atoms with van der Waals surface area (Å²) in [5.74, 6) is 0.857. The van der Waals surface area contributed by atoms with Crippen molar-refractivity contribution in [3.63, 3.8) is 0 Å². The molecule has 0 aliphatic rings. The van der Waals surface area contributed by atoms with Crippen molar-refractivity contribution in [1.29, 1.82) is 0 Å². The number of benzene rings is 3. The molecule has 2 aromatic heterocycles. The van der Waals surface area contributed by atoms with Gasteiger partial charge in [0, 0.05) is 10.6 Å². The topological polar surface area (TPSA) is 68.3 Å². The maximum Gasteiger partial charge on any atom is 0.266 e.